The number of hydrogen-bond acceptors (Lipinski definition) is 2. The minimum absolute atomic E-state index is 0.0290. The number of aryl methyl sites for hydroxylation is 2. The Hall–Kier alpha value is -1.08. The van der Waals surface area contributed by atoms with E-state index < -0.39 is 22.2 Å². The van der Waals surface area contributed by atoms with E-state index in [9.17, 15) is 21.6 Å². The van der Waals surface area contributed by atoms with Gasteiger partial charge in [0, 0.05) is 6.54 Å². The molecule has 0 radical (unpaired) electrons. The lowest BCUT2D eigenvalue weighted by molar-refractivity contribution is -0.177. The SMILES string of the molecule is Cc1ccc(C)c(S(=O)(=O)N2CCCCC2C(F)(F)F)c1. The minimum Gasteiger partial charge on any atom is -0.207 e. The summed E-state index contributed by atoms with van der Waals surface area (Å²) in [4.78, 5) is -0.0290. The molecule has 0 N–H and O–H groups in total. The lowest BCUT2D eigenvalue weighted by Gasteiger charge is -2.36. The van der Waals surface area contributed by atoms with Crippen molar-refractivity contribution in [3.05, 3.63) is 29.3 Å². The van der Waals surface area contributed by atoms with Gasteiger partial charge in [0.15, 0.2) is 0 Å². The molecule has 1 aliphatic rings. The summed E-state index contributed by atoms with van der Waals surface area (Å²) in [6, 6.07) is 2.88. The number of alkyl halides is 3. The molecule has 0 bridgehead atoms. The van der Waals surface area contributed by atoms with Crippen molar-refractivity contribution in [2.75, 3.05) is 6.54 Å². The maximum Gasteiger partial charge on any atom is 0.405 e. The van der Waals surface area contributed by atoms with Crippen LogP contribution in [0.4, 0.5) is 13.2 Å². The van der Waals surface area contributed by atoms with Gasteiger partial charge in [-0.3, -0.25) is 0 Å². The van der Waals surface area contributed by atoms with Crippen molar-refractivity contribution in [1.29, 1.82) is 0 Å². The standard InChI is InChI=1S/C14H18F3NO2S/c1-10-6-7-11(2)12(9-10)21(19,20)18-8-4-3-5-13(18)14(15,16)17/h6-7,9,13H,3-5,8H2,1-2H3. The third-order valence-corrected chi connectivity index (χ3v) is 5.81. The molecule has 118 valence electrons. The molecule has 3 nitrogen and oxygen atoms in total. The van der Waals surface area contributed by atoms with Crippen molar-refractivity contribution in [3.8, 4) is 0 Å². The van der Waals surface area contributed by atoms with Crippen molar-refractivity contribution >= 4 is 10.0 Å². The molecule has 1 unspecified atom stereocenters. The van der Waals surface area contributed by atoms with E-state index in [4.69, 9.17) is 0 Å². The van der Waals surface area contributed by atoms with Gasteiger partial charge in [-0.15, -0.1) is 0 Å². The maximum atomic E-state index is 13.1. The summed E-state index contributed by atoms with van der Waals surface area (Å²) in [6.07, 6.45) is -3.86. The van der Waals surface area contributed by atoms with Gasteiger partial charge in [-0.25, -0.2) is 8.42 Å². The van der Waals surface area contributed by atoms with Crippen molar-refractivity contribution in [2.24, 2.45) is 0 Å². The van der Waals surface area contributed by atoms with Crippen LogP contribution in [0.15, 0.2) is 23.1 Å². The summed E-state index contributed by atoms with van der Waals surface area (Å²) < 4.78 is 65.2. The summed E-state index contributed by atoms with van der Waals surface area (Å²) in [5, 5.41) is 0. The second-order valence-electron chi connectivity index (χ2n) is 5.44. The largest absolute Gasteiger partial charge is 0.405 e. The van der Waals surface area contributed by atoms with Gasteiger partial charge in [-0.05, 0) is 43.9 Å². The first-order chi connectivity index (χ1) is 9.64. The lowest BCUT2D eigenvalue weighted by atomic mass is 10.0. The van der Waals surface area contributed by atoms with Crippen LogP contribution in [0.1, 0.15) is 30.4 Å². The smallest absolute Gasteiger partial charge is 0.207 e. The van der Waals surface area contributed by atoms with Crippen LogP contribution in [0.2, 0.25) is 0 Å². The van der Waals surface area contributed by atoms with Crippen molar-refractivity contribution in [3.63, 3.8) is 0 Å². The number of hydrogen-bond donors (Lipinski definition) is 0. The lowest BCUT2D eigenvalue weighted by Crippen LogP contribution is -2.51. The van der Waals surface area contributed by atoms with Gasteiger partial charge in [0.2, 0.25) is 10.0 Å². The average Bonchev–Trinajstić information content (AvgIpc) is 2.40. The van der Waals surface area contributed by atoms with Crippen LogP contribution >= 0.6 is 0 Å². The minimum atomic E-state index is -4.54. The van der Waals surface area contributed by atoms with Crippen LogP contribution in [0.5, 0.6) is 0 Å². The molecular formula is C14H18F3NO2S. The van der Waals surface area contributed by atoms with E-state index in [1.54, 1.807) is 26.0 Å². The Balaban J connectivity index is 2.48. The Kier molecular flexibility index (Phi) is 4.35. The molecule has 1 saturated heterocycles. The quantitative estimate of drug-likeness (QED) is 0.837. The second kappa shape index (κ2) is 5.61. The zero-order chi connectivity index (χ0) is 15.8. The second-order valence-corrected chi connectivity index (χ2v) is 7.30. The van der Waals surface area contributed by atoms with Gasteiger partial charge >= 0.3 is 6.18 Å². The average molecular weight is 321 g/mol. The molecule has 0 aromatic heterocycles. The summed E-state index contributed by atoms with van der Waals surface area (Å²) in [7, 11) is -4.13. The number of rotatable bonds is 2. The molecule has 2 rings (SSSR count). The van der Waals surface area contributed by atoms with Gasteiger partial charge in [-0.2, -0.15) is 17.5 Å². The van der Waals surface area contributed by atoms with Gasteiger partial charge in [0.25, 0.3) is 0 Å². The fourth-order valence-corrected chi connectivity index (χ4v) is 4.62. The van der Waals surface area contributed by atoms with E-state index in [0.717, 1.165) is 0 Å². The highest BCUT2D eigenvalue weighted by atomic mass is 32.2. The Morgan fingerprint density at radius 2 is 1.86 bits per heavy atom. The molecule has 0 amide bonds. The zero-order valence-corrected chi connectivity index (χ0v) is 12.8. The molecule has 1 aromatic carbocycles. The van der Waals surface area contributed by atoms with Crippen LogP contribution in [0, 0.1) is 13.8 Å². The van der Waals surface area contributed by atoms with Crippen LogP contribution in [-0.4, -0.2) is 31.5 Å². The third kappa shape index (κ3) is 3.23. The Morgan fingerprint density at radius 3 is 2.48 bits per heavy atom. The predicted octanol–water partition coefficient (Wildman–Crippen LogP) is 3.41. The van der Waals surface area contributed by atoms with E-state index in [1.165, 1.54) is 6.07 Å². The highest BCUT2D eigenvalue weighted by molar-refractivity contribution is 7.89. The molecule has 1 fully saturated rings. The molecule has 21 heavy (non-hydrogen) atoms. The Labute approximate surface area is 122 Å². The molecule has 0 aliphatic carbocycles. The van der Waals surface area contributed by atoms with Crippen molar-refractivity contribution < 1.29 is 21.6 Å². The Bertz CT molecular complexity index is 626. The fraction of sp³-hybridized carbons (Fsp3) is 0.571. The first-order valence-electron chi connectivity index (χ1n) is 6.80. The topological polar surface area (TPSA) is 37.4 Å². The summed E-state index contributed by atoms with van der Waals surface area (Å²) in [5.74, 6) is 0. The number of sulfonamides is 1. The van der Waals surface area contributed by atoms with Crippen molar-refractivity contribution in [2.45, 2.75) is 50.2 Å². The molecule has 1 aromatic rings. The van der Waals surface area contributed by atoms with Crippen LogP contribution < -0.4 is 0 Å². The molecule has 1 heterocycles. The number of benzene rings is 1. The van der Waals surface area contributed by atoms with Crippen LogP contribution in [0.25, 0.3) is 0 Å². The molecule has 0 spiro atoms. The highest BCUT2D eigenvalue weighted by Crippen LogP contribution is 2.36. The van der Waals surface area contributed by atoms with Gasteiger partial charge in [0.1, 0.15) is 6.04 Å². The molecule has 1 atom stereocenters. The van der Waals surface area contributed by atoms with Gasteiger partial charge < -0.3 is 0 Å². The molecular weight excluding hydrogens is 303 g/mol. The number of piperidine rings is 1. The van der Waals surface area contributed by atoms with Gasteiger partial charge in [-0.1, -0.05) is 18.6 Å². The molecule has 7 heteroatoms. The normalized spacial score (nSPS) is 21.5. The maximum absolute atomic E-state index is 13.1. The van der Waals surface area contributed by atoms with Crippen LogP contribution in [-0.2, 0) is 10.0 Å². The summed E-state index contributed by atoms with van der Waals surface area (Å²) in [5.41, 5.74) is 1.17. The third-order valence-electron chi connectivity index (χ3n) is 3.76. The van der Waals surface area contributed by atoms with E-state index in [1.807, 2.05) is 0 Å². The predicted molar refractivity (Wildman–Crippen MR) is 73.5 cm³/mol. The van der Waals surface area contributed by atoms with Crippen LogP contribution in [0.3, 0.4) is 0 Å². The van der Waals surface area contributed by atoms with E-state index in [0.29, 0.717) is 28.3 Å². The van der Waals surface area contributed by atoms with E-state index >= 15 is 0 Å². The van der Waals surface area contributed by atoms with Crippen molar-refractivity contribution in [1.82, 2.24) is 4.31 Å². The first kappa shape index (κ1) is 16.3. The first-order valence-corrected chi connectivity index (χ1v) is 8.24. The molecule has 0 saturated carbocycles. The monoisotopic (exact) mass is 321 g/mol. The number of halogens is 3. The van der Waals surface area contributed by atoms with Gasteiger partial charge in [0.05, 0.1) is 4.90 Å². The summed E-state index contributed by atoms with van der Waals surface area (Å²) >= 11 is 0. The van der Waals surface area contributed by atoms with E-state index in [2.05, 4.69) is 0 Å². The number of nitrogens with zero attached hydrogens (tertiary/aromatic N) is 1. The fourth-order valence-electron chi connectivity index (χ4n) is 2.63. The zero-order valence-electron chi connectivity index (χ0n) is 11.9. The van der Waals surface area contributed by atoms with E-state index in [-0.39, 0.29) is 17.9 Å². The highest BCUT2D eigenvalue weighted by Gasteiger charge is 2.49. The summed E-state index contributed by atoms with van der Waals surface area (Å²) in [6.45, 7) is 3.23. The Morgan fingerprint density at radius 1 is 1.19 bits per heavy atom. The molecule has 1 aliphatic heterocycles.